The number of rotatable bonds is 0. The molecule has 5 nitrogen and oxygen atoms in total. The number of hydrogen-bond acceptors (Lipinski definition) is 2. The zero-order valence-corrected chi connectivity index (χ0v) is 9.50. The fraction of sp³-hybridized carbons (Fsp3) is 0.111. The van der Waals surface area contributed by atoms with Gasteiger partial charge >= 0.3 is 6.03 Å². The van der Waals surface area contributed by atoms with Gasteiger partial charge in [-0.3, -0.25) is 4.90 Å². The van der Waals surface area contributed by atoms with E-state index in [1.807, 2.05) is 0 Å². The van der Waals surface area contributed by atoms with Gasteiger partial charge in [0.25, 0.3) is 0 Å². The van der Waals surface area contributed by atoms with E-state index in [-0.39, 0.29) is 6.03 Å². The Hall–Kier alpha value is -1.74. The number of aromatic nitrogens is 2. The summed E-state index contributed by atoms with van der Waals surface area (Å²) in [6, 6.07) is 2.16. The molecule has 0 fully saturated rings. The smallest absolute Gasteiger partial charge is 0.306 e. The minimum absolute atomic E-state index is 0.276. The summed E-state index contributed by atoms with van der Waals surface area (Å²) in [6.45, 7) is 3.73. The van der Waals surface area contributed by atoms with E-state index < -0.39 is 0 Å². The van der Waals surface area contributed by atoms with Crippen LogP contribution in [-0.4, -0.2) is 22.6 Å². The Kier molecular flexibility index (Phi) is 2.05. The lowest BCUT2D eigenvalue weighted by atomic mass is 10.3. The standard InChI is InChI=1S/C9H7BrN4O/c1-4-14-6-5(2)11-9(15)13(3)7(6)12-8(14)10/h1H,2H2,3H3,(H,11,15). The molecule has 1 aromatic heterocycles. The van der Waals surface area contributed by atoms with Gasteiger partial charge in [-0.25, -0.2) is 14.3 Å². The van der Waals surface area contributed by atoms with E-state index in [4.69, 9.17) is 6.42 Å². The van der Waals surface area contributed by atoms with Crippen molar-refractivity contribution in [3.8, 4) is 12.5 Å². The third-order valence-electron chi connectivity index (χ3n) is 2.11. The van der Waals surface area contributed by atoms with Crippen LogP contribution in [0.25, 0.3) is 5.70 Å². The molecule has 0 aromatic carbocycles. The summed E-state index contributed by atoms with van der Waals surface area (Å²) in [7, 11) is 1.61. The summed E-state index contributed by atoms with van der Waals surface area (Å²) in [4.78, 5) is 16.9. The van der Waals surface area contributed by atoms with E-state index in [0.29, 0.717) is 21.9 Å². The van der Waals surface area contributed by atoms with Crippen LogP contribution in [-0.2, 0) is 0 Å². The van der Waals surface area contributed by atoms with Crippen molar-refractivity contribution < 1.29 is 4.79 Å². The Morgan fingerprint density at radius 1 is 1.67 bits per heavy atom. The van der Waals surface area contributed by atoms with Crippen LogP contribution in [0.3, 0.4) is 0 Å². The van der Waals surface area contributed by atoms with Crippen molar-refractivity contribution in [2.75, 3.05) is 11.9 Å². The molecule has 76 valence electrons. The van der Waals surface area contributed by atoms with Gasteiger partial charge in [0, 0.05) is 13.1 Å². The highest BCUT2D eigenvalue weighted by atomic mass is 79.9. The summed E-state index contributed by atoms with van der Waals surface area (Å²) >= 11 is 3.21. The van der Waals surface area contributed by atoms with E-state index in [9.17, 15) is 4.79 Å². The molecule has 0 saturated carbocycles. The Balaban J connectivity index is 2.72. The predicted octanol–water partition coefficient (Wildman–Crippen LogP) is 1.21. The number of carbonyl (C=O) groups is 1. The molecule has 6 heteroatoms. The average molecular weight is 267 g/mol. The maximum absolute atomic E-state index is 11.4. The molecule has 2 amide bonds. The van der Waals surface area contributed by atoms with Gasteiger partial charge in [0.1, 0.15) is 5.69 Å². The van der Waals surface area contributed by atoms with Gasteiger partial charge in [0.05, 0.1) is 5.70 Å². The molecule has 0 radical (unpaired) electrons. The third kappa shape index (κ3) is 1.24. The maximum Gasteiger partial charge on any atom is 0.327 e. The van der Waals surface area contributed by atoms with Crippen molar-refractivity contribution in [3.63, 3.8) is 0 Å². The molecule has 1 aromatic rings. The summed E-state index contributed by atoms with van der Waals surface area (Å²) < 4.78 is 1.95. The zero-order chi connectivity index (χ0) is 11.2. The molecule has 0 aliphatic carbocycles. The number of fused-ring (bicyclic) bond motifs is 1. The first-order valence-electron chi connectivity index (χ1n) is 4.05. The number of urea groups is 1. The average Bonchev–Trinajstić information content (AvgIpc) is 2.52. The van der Waals surface area contributed by atoms with Crippen LogP contribution in [0.15, 0.2) is 11.3 Å². The van der Waals surface area contributed by atoms with E-state index in [2.05, 4.69) is 38.9 Å². The van der Waals surface area contributed by atoms with E-state index >= 15 is 0 Å². The molecule has 1 aliphatic rings. The minimum atomic E-state index is -0.276. The van der Waals surface area contributed by atoms with Crippen LogP contribution in [0.2, 0.25) is 0 Å². The van der Waals surface area contributed by atoms with Gasteiger partial charge < -0.3 is 5.32 Å². The first-order chi connectivity index (χ1) is 7.06. The number of halogens is 1. The van der Waals surface area contributed by atoms with Crippen LogP contribution in [0.5, 0.6) is 0 Å². The summed E-state index contributed by atoms with van der Waals surface area (Å²) in [6.07, 6.45) is 5.33. The van der Waals surface area contributed by atoms with Crippen molar-refractivity contribution in [2.45, 2.75) is 0 Å². The zero-order valence-electron chi connectivity index (χ0n) is 7.91. The molecular weight excluding hydrogens is 260 g/mol. The largest absolute Gasteiger partial charge is 0.327 e. The maximum atomic E-state index is 11.4. The van der Waals surface area contributed by atoms with Crippen LogP contribution in [0, 0.1) is 12.5 Å². The highest BCUT2D eigenvalue weighted by Gasteiger charge is 2.29. The molecule has 0 saturated heterocycles. The number of imidazole rings is 1. The molecule has 15 heavy (non-hydrogen) atoms. The Morgan fingerprint density at radius 3 is 2.93 bits per heavy atom. The second-order valence-electron chi connectivity index (χ2n) is 2.99. The SMILES string of the molecule is C#Cn1c(Br)nc2c1C(=C)NC(=O)N2C. The molecule has 1 aliphatic heterocycles. The minimum Gasteiger partial charge on any atom is -0.306 e. The normalized spacial score (nSPS) is 14.6. The summed E-state index contributed by atoms with van der Waals surface area (Å²) in [5, 5.41) is 2.59. The summed E-state index contributed by atoms with van der Waals surface area (Å²) in [5.74, 6) is 0.494. The molecule has 1 N–H and O–H groups in total. The second kappa shape index (κ2) is 3.14. The number of carbonyl (C=O) groups excluding carboxylic acids is 1. The molecule has 2 rings (SSSR count). The quantitative estimate of drug-likeness (QED) is 0.718. The summed E-state index contributed by atoms with van der Waals surface area (Å²) in [5.41, 5.74) is 1.07. The van der Waals surface area contributed by atoms with E-state index in [0.717, 1.165) is 0 Å². The first kappa shape index (κ1) is 9.80. The molecular formula is C9H7BrN4O. The number of hydrogen-bond donors (Lipinski definition) is 1. The van der Waals surface area contributed by atoms with Crippen molar-refractivity contribution >= 4 is 33.5 Å². The van der Waals surface area contributed by atoms with Crippen LogP contribution in [0.1, 0.15) is 5.69 Å². The Bertz CT molecular complexity index is 511. The number of nitrogens with one attached hydrogen (secondary N) is 1. The van der Waals surface area contributed by atoms with Crippen LogP contribution < -0.4 is 10.2 Å². The Labute approximate surface area is 94.9 Å². The van der Waals surface area contributed by atoms with Crippen molar-refractivity contribution in [2.24, 2.45) is 0 Å². The van der Waals surface area contributed by atoms with E-state index in [1.54, 1.807) is 7.05 Å². The van der Waals surface area contributed by atoms with Crippen LogP contribution >= 0.6 is 15.9 Å². The van der Waals surface area contributed by atoms with Gasteiger partial charge in [-0.15, -0.1) is 0 Å². The van der Waals surface area contributed by atoms with Gasteiger partial charge in [-0.2, -0.15) is 0 Å². The lowest BCUT2D eigenvalue weighted by Gasteiger charge is -2.23. The van der Waals surface area contributed by atoms with Crippen LogP contribution in [0.4, 0.5) is 10.6 Å². The first-order valence-corrected chi connectivity index (χ1v) is 4.84. The molecule has 0 atom stereocenters. The lowest BCUT2D eigenvalue weighted by Crippen LogP contribution is -2.41. The molecule has 0 bridgehead atoms. The van der Waals surface area contributed by atoms with E-state index in [1.165, 1.54) is 9.47 Å². The third-order valence-corrected chi connectivity index (χ3v) is 2.65. The highest BCUT2D eigenvalue weighted by molar-refractivity contribution is 9.10. The van der Waals surface area contributed by atoms with Crippen molar-refractivity contribution in [3.05, 3.63) is 17.0 Å². The fourth-order valence-corrected chi connectivity index (χ4v) is 1.82. The van der Waals surface area contributed by atoms with Crippen molar-refractivity contribution in [1.29, 1.82) is 0 Å². The second-order valence-corrected chi connectivity index (χ2v) is 3.69. The number of amides is 2. The molecule has 0 spiro atoms. The van der Waals surface area contributed by atoms with Gasteiger partial charge in [0.2, 0.25) is 0 Å². The number of anilines is 1. The van der Waals surface area contributed by atoms with Gasteiger partial charge in [-0.05, 0) is 15.9 Å². The number of nitrogens with zero attached hydrogens (tertiary/aromatic N) is 3. The lowest BCUT2D eigenvalue weighted by molar-refractivity contribution is 0.250. The van der Waals surface area contributed by atoms with Gasteiger partial charge in [-0.1, -0.05) is 13.0 Å². The fourth-order valence-electron chi connectivity index (χ4n) is 1.37. The Morgan fingerprint density at radius 2 is 2.33 bits per heavy atom. The number of terminal acetylenes is 1. The molecule has 2 heterocycles. The predicted molar refractivity (Wildman–Crippen MR) is 60.1 cm³/mol. The van der Waals surface area contributed by atoms with Gasteiger partial charge in [0.15, 0.2) is 10.6 Å². The monoisotopic (exact) mass is 266 g/mol. The van der Waals surface area contributed by atoms with Crippen molar-refractivity contribution in [1.82, 2.24) is 14.9 Å². The highest BCUT2D eigenvalue weighted by Crippen LogP contribution is 2.30. The molecule has 0 unspecified atom stereocenters. The topological polar surface area (TPSA) is 50.2 Å².